The summed E-state index contributed by atoms with van der Waals surface area (Å²) in [5.41, 5.74) is -1.61. The largest absolute Gasteiger partial charge is 0.444 e. The van der Waals surface area contributed by atoms with Gasteiger partial charge in [0.1, 0.15) is 11.9 Å². The number of carbonyl (C=O) groups is 2. The van der Waals surface area contributed by atoms with Crippen molar-refractivity contribution >= 4 is 12.4 Å². The van der Waals surface area contributed by atoms with Crippen LogP contribution in [0, 0.1) is 0 Å². The van der Waals surface area contributed by atoms with Gasteiger partial charge in [0, 0.05) is 6.42 Å². The Kier molecular flexibility index (Phi) is 3.28. The highest BCUT2D eigenvalue weighted by Gasteiger charge is 2.43. The predicted octanol–water partition coefficient (Wildman–Crippen LogP) is 0.946. The molecule has 0 aromatic heterocycles. The molecule has 0 aromatic rings. The van der Waals surface area contributed by atoms with Crippen molar-refractivity contribution in [2.45, 2.75) is 51.4 Å². The Hall–Kier alpha value is -1.10. The lowest BCUT2D eigenvalue weighted by Crippen LogP contribution is -2.41. The zero-order chi connectivity index (χ0) is 12.6. The van der Waals surface area contributed by atoms with Crippen molar-refractivity contribution < 1.29 is 19.4 Å². The monoisotopic (exact) mass is 229 g/mol. The number of carbonyl (C=O) groups excluding carboxylic acids is 2. The topological polar surface area (TPSA) is 66.8 Å². The molecule has 1 aliphatic heterocycles. The quantitative estimate of drug-likeness (QED) is 0.680. The fraction of sp³-hybridized carbons (Fsp3) is 0.818. The molecular weight excluding hydrogens is 210 g/mol. The molecule has 1 rings (SSSR count). The summed E-state index contributed by atoms with van der Waals surface area (Å²) >= 11 is 0. The molecule has 1 amide bonds. The van der Waals surface area contributed by atoms with Crippen LogP contribution < -0.4 is 0 Å². The molecule has 1 unspecified atom stereocenters. The molecule has 2 atom stereocenters. The number of ether oxygens (including phenoxy) is 1. The van der Waals surface area contributed by atoms with Crippen LogP contribution in [0.2, 0.25) is 0 Å². The smallest absolute Gasteiger partial charge is 0.410 e. The summed E-state index contributed by atoms with van der Waals surface area (Å²) in [5.74, 6) is 0. The van der Waals surface area contributed by atoms with E-state index in [1.54, 1.807) is 27.7 Å². The molecule has 1 fully saturated rings. The lowest BCUT2D eigenvalue weighted by molar-refractivity contribution is -0.111. The van der Waals surface area contributed by atoms with E-state index < -0.39 is 23.3 Å². The van der Waals surface area contributed by atoms with Gasteiger partial charge >= 0.3 is 6.09 Å². The van der Waals surface area contributed by atoms with E-state index in [-0.39, 0.29) is 13.0 Å². The van der Waals surface area contributed by atoms with Crippen molar-refractivity contribution in [3.05, 3.63) is 0 Å². The van der Waals surface area contributed by atoms with Crippen molar-refractivity contribution in [2.24, 2.45) is 0 Å². The lowest BCUT2D eigenvalue weighted by atomic mass is 10.0. The third-order valence-electron chi connectivity index (χ3n) is 2.35. The van der Waals surface area contributed by atoms with Crippen molar-refractivity contribution in [1.29, 1.82) is 0 Å². The van der Waals surface area contributed by atoms with E-state index in [9.17, 15) is 14.7 Å². The third-order valence-corrected chi connectivity index (χ3v) is 2.35. The molecule has 5 nitrogen and oxygen atoms in total. The Bertz CT molecular complexity index is 293. The van der Waals surface area contributed by atoms with Gasteiger partial charge in [0.05, 0.1) is 18.2 Å². The Morgan fingerprint density at radius 2 is 2.12 bits per heavy atom. The highest BCUT2D eigenvalue weighted by Crippen LogP contribution is 2.27. The van der Waals surface area contributed by atoms with Gasteiger partial charge in [-0.1, -0.05) is 0 Å². The maximum atomic E-state index is 11.8. The zero-order valence-corrected chi connectivity index (χ0v) is 10.2. The number of β-amino-alcohol motifs (C(OH)–C–C–N with tert-alkyl or cyclic N) is 1. The average Bonchev–Trinajstić information content (AvgIpc) is 2.38. The molecule has 0 aliphatic carbocycles. The summed E-state index contributed by atoms with van der Waals surface area (Å²) in [6.07, 6.45) is 0.378. The summed E-state index contributed by atoms with van der Waals surface area (Å²) in [7, 11) is 0. The van der Waals surface area contributed by atoms with E-state index in [0.717, 1.165) is 0 Å². The molecule has 1 saturated heterocycles. The van der Waals surface area contributed by atoms with Gasteiger partial charge in [-0.25, -0.2) is 4.79 Å². The number of likely N-dealkylation sites (tertiary alicyclic amines) is 1. The van der Waals surface area contributed by atoms with Crippen LogP contribution in [0.1, 0.15) is 34.1 Å². The minimum atomic E-state index is -1.01. The van der Waals surface area contributed by atoms with Gasteiger partial charge in [-0.05, 0) is 27.7 Å². The van der Waals surface area contributed by atoms with E-state index in [2.05, 4.69) is 0 Å². The highest BCUT2D eigenvalue weighted by molar-refractivity contribution is 5.75. The molecule has 92 valence electrons. The SMILES string of the molecule is CC(C)(C)OC(=O)N1C[C@](C)(O)CC1C=O. The summed E-state index contributed by atoms with van der Waals surface area (Å²) in [4.78, 5) is 23.8. The molecule has 0 spiro atoms. The molecule has 1 N–H and O–H groups in total. The standard InChI is InChI=1S/C11H19NO4/c1-10(2,3)16-9(14)12-7-11(4,15)5-8(12)6-13/h6,8,15H,5,7H2,1-4H3/t8?,11-/m1/s1. The minimum Gasteiger partial charge on any atom is -0.444 e. The predicted molar refractivity (Wildman–Crippen MR) is 58.0 cm³/mol. The number of aldehydes is 1. The van der Waals surface area contributed by atoms with Gasteiger partial charge in [-0.2, -0.15) is 0 Å². The van der Waals surface area contributed by atoms with Crippen LogP contribution >= 0.6 is 0 Å². The fourth-order valence-corrected chi connectivity index (χ4v) is 1.75. The third kappa shape index (κ3) is 3.20. The van der Waals surface area contributed by atoms with Crippen LogP contribution in [0.3, 0.4) is 0 Å². The van der Waals surface area contributed by atoms with E-state index in [1.807, 2.05) is 0 Å². The van der Waals surface area contributed by atoms with E-state index in [0.29, 0.717) is 6.29 Å². The first-order valence-corrected chi connectivity index (χ1v) is 5.32. The summed E-state index contributed by atoms with van der Waals surface area (Å²) in [5, 5.41) is 9.81. The highest BCUT2D eigenvalue weighted by atomic mass is 16.6. The molecule has 0 saturated carbocycles. The Balaban J connectivity index is 2.72. The molecule has 0 radical (unpaired) electrons. The molecule has 1 aliphatic rings. The second kappa shape index (κ2) is 4.05. The molecular formula is C11H19NO4. The molecule has 5 heteroatoms. The van der Waals surface area contributed by atoms with Crippen molar-refractivity contribution in [2.75, 3.05) is 6.54 Å². The Morgan fingerprint density at radius 1 is 1.56 bits per heavy atom. The van der Waals surface area contributed by atoms with E-state index in [1.165, 1.54) is 4.90 Å². The number of nitrogens with zero attached hydrogens (tertiary/aromatic N) is 1. The number of aliphatic hydroxyl groups is 1. The van der Waals surface area contributed by atoms with E-state index in [4.69, 9.17) is 4.74 Å². The minimum absolute atomic E-state index is 0.130. The Labute approximate surface area is 95.4 Å². The number of rotatable bonds is 1. The maximum Gasteiger partial charge on any atom is 0.410 e. The van der Waals surface area contributed by atoms with Gasteiger partial charge in [0.15, 0.2) is 0 Å². The average molecular weight is 229 g/mol. The molecule has 16 heavy (non-hydrogen) atoms. The first-order valence-electron chi connectivity index (χ1n) is 5.32. The van der Waals surface area contributed by atoms with Gasteiger partial charge in [-0.3, -0.25) is 4.90 Å². The van der Waals surface area contributed by atoms with Crippen LogP contribution in [0.15, 0.2) is 0 Å². The second-order valence-electron chi connectivity index (χ2n) is 5.51. The van der Waals surface area contributed by atoms with Crippen molar-refractivity contribution in [3.8, 4) is 0 Å². The summed E-state index contributed by atoms with van der Waals surface area (Å²) < 4.78 is 5.16. The first-order chi connectivity index (χ1) is 7.14. The Morgan fingerprint density at radius 3 is 2.56 bits per heavy atom. The number of amides is 1. The van der Waals surface area contributed by atoms with Crippen LogP contribution in [0.25, 0.3) is 0 Å². The lowest BCUT2D eigenvalue weighted by Gasteiger charge is -2.26. The van der Waals surface area contributed by atoms with Crippen LogP contribution in [-0.2, 0) is 9.53 Å². The van der Waals surface area contributed by atoms with Gasteiger partial charge < -0.3 is 14.6 Å². The van der Waals surface area contributed by atoms with E-state index >= 15 is 0 Å². The molecule has 0 bridgehead atoms. The maximum absolute atomic E-state index is 11.8. The summed E-state index contributed by atoms with van der Waals surface area (Å²) in [6, 6.07) is -0.593. The zero-order valence-electron chi connectivity index (χ0n) is 10.2. The molecule has 0 aromatic carbocycles. The molecule has 1 heterocycles. The van der Waals surface area contributed by atoms with Gasteiger partial charge in [-0.15, -0.1) is 0 Å². The van der Waals surface area contributed by atoms with Crippen LogP contribution in [0.4, 0.5) is 4.79 Å². The van der Waals surface area contributed by atoms with Crippen molar-refractivity contribution in [3.63, 3.8) is 0 Å². The number of hydrogen-bond acceptors (Lipinski definition) is 4. The second-order valence-corrected chi connectivity index (χ2v) is 5.51. The van der Waals surface area contributed by atoms with Crippen LogP contribution in [-0.4, -0.2) is 46.2 Å². The normalized spacial score (nSPS) is 30.3. The van der Waals surface area contributed by atoms with Gasteiger partial charge in [0.2, 0.25) is 0 Å². The number of hydrogen-bond donors (Lipinski definition) is 1. The first kappa shape index (κ1) is 13.0. The van der Waals surface area contributed by atoms with Gasteiger partial charge in [0.25, 0.3) is 0 Å². The fourth-order valence-electron chi connectivity index (χ4n) is 1.75. The summed E-state index contributed by atoms with van der Waals surface area (Å²) in [6.45, 7) is 7.01. The van der Waals surface area contributed by atoms with Crippen molar-refractivity contribution in [1.82, 2.24) is 4.90 Å². The van der Waals surface area contributed by atoms with Crippen LogP contribution in [0.5, 0.6) is 0 Å².